The lowest BCUT2D eigenvalue weighted by Crippen LogP contribution is -2.45. The average Bonchev–Trinajstić information content (AvgIpc) is 2.98. The largest absolute Gasteiger partial charge is 0.349 e. The van der Waals surface area contributed by atoms with E-state index in [9.17, 15) is 4.79 Å². The van der Waals surface area contributed by atoms with Gasteiger partial charge in [-0.15, -0.1) is 24.2 Å². The first-order valence-corrected chi connectivity index (χ1v) is 8.94. The van der Waals surface area contributed by atoms with Crippen molar-refractivity contribution in [2.45, 2.75) is 43.0 Å². The predicted octanol–water partition coefficient (Wildman–Crippen LogP) is 3.93. The van der Waals surface area contributed by atoms with Gasteiger partial charge in [-0.1, -0.05) is 24.4 Å². The van der Waals surface area contributed by atoms with E-state index in [-0.39, 0.29) is 29.8 Å². The van der Waals surface area contributed by atoms with Crippen molar-refractivity contribution in [3.8, 4) is 0 Å². The zero-order chi connectivity index (χ0) is 14.9. The molecular formula is C16H22Cl2N2OS. The van der Waals surface area contributed by atoms with Gasteiger partial charge in [0.25, 0.3) is 0 Å². The van der Waals surface area contributed by atoms with Gasteiger partial charge in [-0.05, 0) is 43.0 Å². The van der Waals surface area contributed by atoms with Crippen LogP contribution in [-0.2, 0) is 4.79 Å². The van der Waals surface area contributed by atoms with E-state index in [1.165, 1.54) is 4.90 Å². The number of halogens is 2. The maximum atomic E-state index is 12.7. The summed E-state index contributed by atoms with van der Waals surface area (Å²) in [5.41, 5.74) is 6.71. The summed E-state index contributed by atoms with van der Waals surface area (Å²) < 4.78 is 0. The lowest BCUT2D eigenvalue weighted by Gasteiger charge is -2.32. The Balaban J connectivity index is 0.00000176. The molecule has 0 spiro atoms. The lowest BCUT2D eigenvalue weighted by atomic mass is 9.84. The SMILES string of the molecule is Cl.NCC1(C(=O)NC2CCSc3ccc(Cl)cc32)CCCC1. The molecule has 0 radical (unpaired) electrons. The van der Waals surface area contributed by atoms with Gasteiger partial charge in [0.05, 0.1) is 11.5 Å². The molecule has 3 N–H and O–H groups in total. The number of nitrogens with two attached hydrogens (primary N) is 1. The number of hydrogen-bond donors (Lipinski definition) is 2. The average molecular weight is 361 g/mol. The Kier molecular flexibility index (Phi) is 6.06. The maximum Gasteiger partial charge on any atom is 0.227 e. The summed E-state index contributed by atoms with van der Waals surface area (Å²) in [6.45, 7) is 0.447. The van der Waals surface area contributed by atoms with E-state index in [4.69, 9.17) is 17.3 Å². The summed E-state index contributed by atoms with van der Waals surface area (Å²) in [4.78, 5) is 14.0. The van der Waals surface area contributed by atoms with E-state index in [1.54, 1.807) is 0 Å². The molecule has 0 saturated heterocycles. The number of fused-ring (bicyclic) bond motifs is 1. The van der Waals surface area contributed by atoms with Crippen molar-refractivity contribution in [2.75, 3.05) is 12.3 Å². The Hall–Kier alpha value is -0.420. The molecule has 1 heterocycles. The van der Waals surface area contributed by atoms with Crippen LogP contribution >= 0.6 is 35.8 Å². The summed E-state index contributed by atoms with van der Waals surface area (Å²) in [7, 11) is 0. The highest BCUT2D eigenvalue weighted by molar-refractivity contribution is 7.99. The summed E-state index contributed by atoms with van der Waals surface area (Å²) in [5, 5.41) is 3.97. The van der Waals surface area contributed by atoms with Gasteiger partial charge < -0.3 is 11.1 Å². The molecule has 1 aliphatic carbocycles. The number of carbonyl (C=O) groups excluding carboxylic acids is 1. The number of rotatable bonds is 3. The minimum Gasteiger partial charge on any atom is -0.349 e. The monoisotopic (exact) mass is 360 g/mol. The van der Waals surface area contributed by atoms with Crippen molar-refractivity contribution < 1.29 is 4.79 Å². The Morgan fingerprint density at radius 1 is 1.41 bits per heavy atom. The summed E-state index contributed by atoms with van der Waals surface area (Å²) in [6.07, 6.45) is 4.99. The number of amides is 1. The molecule has 2 aliphatic rings. The molecule has 22 heavy (non-hydrogen) atoms. The smallest absolute Gasteiger partial charge is 0.227 e. The third kappa shape index (κ3) is 3.40. The first kappa shape index (κ1) is 17.9. The van der Waals surface area contributed by atoms with E-state index >= 15 is 0 Å². The van der Waals surface area contributed by atoms with Crippen LogP contribution in [0.3, 0.4) is 0 Å². The second-order valence-corrected chi connectivity index (χ2v) is 7.61. The summed E-state index contributed by atoms with van der Waals surface area (Å²) in [6, 6.07) is 6.01. The third-order valence-corrected chi connectivity index (χ3v) is 6.11. The topological polar surface area (TPSA) is 55.1 Å². The molecule has 122 valence electrons. The number of thioether (sulfide) groups is 1. The fraction of sp³-hybridized carbons (Fsp3) is 0.562. The van der Waals surface area contributed by atoms with Gasteiger partial charge in [0.1, 0.15) is 0 Å². The van der Waals surface area contributed by atoms with Crippen LogP contribution in [0, 0.1) is 5.41 Å². The molecule has 0 bridgehead atoms. The highest BCUT2D eigenvalue weighted by Gasteiger charge is 2.41. The summed E-state index contributed by atoms with van der Waals surface area (Å²) in [5.74, 6) is 1.15. The second-order valence-electron chi connectivity index (χ2n) is 6.04. The Bertz CT molecular complexity index is 547. The standard InChI is InChI=1S/C16H21ClN2OS.ClH/c17-11-3-4-14-12(9-11)13(5-8-21-14)19-15(20)16(10-18)6-1-2-7-16;/h3-4,9,13H,1-2,5-8,10,18H2,(H,19,20);1H. The van der Waals surface area contributed by atoms with E-state index in [1.807, 2.05) is 23.9 Å². The minimum absolute atomic E-state index is 0. The summed E-state index contributed by atoms with van der Waals surface area (Å²) >= 11 is 7.95. The van der Waals surface area contributed by atoms with Crippen molar-refractivity contribution in [1.82, 2.24) is 5.32 Å². The Labute approximate surface area is 147 Å². The molecule has 3 rings (SSSR count). The molecule has 1 unspecified atom stereocenters. The minimum atomic E-state index is -0.344. The van der Waals surface area contributed by atoms with E-state index < -0.39 is 0 Å². The van der Waals surface area contributed by atoms with Crippen LogP contribution in [0.4, 0.5) is 0 Å². The molecule has 6 heteroatoms. The lowest BCUT2D eigenvalue weighted by molar-refractivity contribution is -0.131. The molecule has 0 aromatic heterocycles. The Morgan fingerprint density at radius 2 is 2.14 bits per heavy atom. The van der Waals surface area contributed by atoms with Gasteiger partial charge in [-0.25, -0.2) is 0 Å². The first-order chi connectivity index (χ1) is 10.1. The molecule has 1 amide bonds. The fourth-order valence-electron chi connectivity index (χ4n) is 3.40. The van der Waals surface area contributed by atoms with Gasteiger partial charge in [0.2, 0.25) is 5.91 Å². The van der Waals surface area contributed by atoms with Crippen LogP contribution in [0.1, 0.15) is 43.7 Å². The number of nitrogens with one attached hydrogen (secondary N) is 1. The van der Waals surface area contributed by atoms with Crippen molar-refractivity contribution in [3.63, 3.8) is 0 Å². The van der Waals surface area contributed by atoms with Crippen molar-refractivity contribution in [2.24, 2.45) is 11.1 Å². The van der Waals surface area contributed by atoms with Gasteiger partial charge in [-0.3, -0.25) is 4.79 Å². The van der Waals surface area contributed by atoms with Crippen molar-refractivity contribution in [3.05, 3.63) is 28.8 Å². The van der Waals surface area contributed by atoms with Crippen molar-refractivity contribution in [1.29, 1.82) is 0 Å². The molecule has 1 atom stereocenters. The van der Waals surface area contributed by atoms with Crippen LogP contribution in [0.25, 0.3) is 0 Å². The molecule has 3 nitrogen and oxygen atoms in total. The highest BCUT2D eigenvalue weighted by atomic mass is 35.5. The quantitative estimate of drug-likeness (QED) is 0.858. The van der Waals surface area contributed by atoms with Crippen molar-refractivity contribution >= 4 is 41.7 Å². The molecule has 1 fully saturated rings. The van der Waals surface area contributed by atoms with E-state index in [2.05, 4.69) is 11.4 Å². The second kappa shape index (κ2) is 7.43. The van der Waals surface area contributed by atoms with Gasteiger partial charge in [0, 0.05) is 22.2 Å². The molecule has 1 saturated carbocycles. The van der Waals surface area contributed by atoms with Crippen LogP contribution < -0.4 is 11.1 Å². The normalized spacial score (nSPS) is 22.5. The molecule has 1 aromatic rings. The Morgan fingerprint density at radius 3 is 2.82 bits per heavy atom. The molecule has 1 aliphatic heterocycles. The van der Waals surface area contributed by atoms with Crippen LogP contribution in [0.5, 0.6) is 0 Å². The third-order valence-electron chi connectivity index (χ3n) is 4.75. The van der Waals surface area contributed by atoms with E-state index in [0.717, 1.165) is 48.4 Å². The zero-order valence-electron chi connectivity index (χ0n) is 12.4. The van der Waals surface area contributed by atoms with Gasteiger partial charge in [0.15, 0.2) is 0 Å². The maximum absolute atomic E-state index is 12.7. The van der Waals surface area contributed by atoms with Gasteiger partial charge >= 0.3 is 0 Å². The van der Waals surface area contributed by atoms with Gasteiger partial charge in [-0.2, -0.15) is 0 Å². The first-order valence-electron chi connectivity index (χ1n) is 7.58. The van der Waals surface area contributed by atoms with Crippen LogP contribution in [-0.4, -0.2) is 18.2 Å². The number of benzene rings is 1. The molecular weight excluding hydrogens is 339 g/mol. The fourth-order valence-corrected chi connectivity index (χ4v) is 4.69. The van der Waals surface area contributed by atoms with E-state index in [0.29, 0.717) is 6.54 Å². The van der Waals surface area contributed by atoms with Crippen LogP contribution in [0.15, 0.2) is 23.1 Å². The highest BCUT2D eigenvalue weighted by Crippen LogP contribution is 2.41. The number of carbonyl (C=O) groups is 1. The van der Waals surface area contributed by atoms with Crippen LogP contribution in [0.2, 0.25) is 5.02 Å². The zero-order valence-corrected chi connectivity index (χ0v) is 14.8. The predicted molar refractivity (Wildman–Crippen MR) is 94.9 cm³/mol. The molecule has 1 aromatic carbocycles. The number of hydrogen-bond acceptors (Lipinski definition) is 3.